The summed E-state index contributed by atoms with van der Waals surface area (Å²) in [5.41, 5.74) is -0.0494. The van der Waals surface area contributed by atoms with Crippen molar-refractivity contribution in [3.8, 4) is 0 Å². The molecule has 0 aromatic rings. The molecule has 0 bridgehead atoms. The van der Waals surface area contributed by atoms with Crippen molar-refractivity contribution in [2.75, 3.05) is 19.8 Å². The maximum Gasteiger partial charge on any atom is 0.308 e. The highest BCUT2D eigenvalue weighted by molar-refractivity contribution is 5.71. The Balaban J connectivity index is 2.18. The number of morpholine rings is 1. The number of carboxylic acid groups (broad SMARTS) is 1. The topological polar surface area (TPSA) is 49.8 Å². The van der Waals surface area contributed by atoms with E-state index in [9.17, 15) is 9.90 Å². The maximum absolute atomic E-state index is 11.6. The molecule has 3 atom stereocenters. The third kappa shape index (κ3) is 3.11. The van der Waals surface area contributed by atoms with E-state index in [1.54, 1.807) is 0 Å². The van der Waals surface area contributed by atoms with Crippen LogP contribution in [-0.2, 0) is 9.53 Å². The Kier molecular flexibility index (Phi) is 4.51. The summed E-state index contributed by atoms with van der Waals surface area (Å²) in [7, 11) is 0. The molecule has 2 fully saturated rings. The molecule has 0 amide bonds. The van der Waals surface area contributed by atoms with E-state index < -0.39 is 5.97 Å². The van der Waals surface area contributed by atoms with Crippen molar-refractivity contribution in [3.05, 3.63) is 0 Å². The first-order valence-electron chi connectivity index (χ1n) is 7.53. The van der Waals surface area contributed by atoms with Crippen LogP contribution < -0.4 is 0 Å². The Bertz CT molecular complexity index is 329. The Morgan fingerprint density at radius 3 is 2.74 bits per heavy atom. The fraction of sp³-hybridized carbons (Fsp3) is 0.933. The highest BCUT2D eigenvalue weighted by atomic mass is 16.5. The molecule has 1 aliphatic carbocycles. The van der Waals surface area contributed by atoms with Crippen molar-refractivity contribution >= 4 is 5.97 Å². The van der Waals surface area contributed by atoms with Crippen LogP contribution in [-0.4, -0.2) is 47.3 Å². The predicted octanol–water partition coefficient (Wildman–Crippen LogP) is 2.38. The Morgan fingerprint density at radius 1 is 1.42 bits per heavy atom. The van der Waals surface area contributed by atoms with Gasteiger partial charge in [-0.3, -0.25) is 9.69 Å². The number of carboxylic acids is 1. The minimum absolute atomic E-state index is 0.0494. The van der Waals surface area contributed by atoms with Gasteiger partial charge in [-0.1, -0.05) is 13.3 Å². The highest BCUT2D eigenvalue weighted by Crippen LogP contribution is 2.37. The molecule has 1 saturated carbocycles. The minimum Gasteiger partial charge on any atom is -0.481 e. The molecule has 4 heteroatoms. The Labute approximate surface area is 116 Å². The number of ether oxygens (including phenoxy) is 1. The van der Waals surface area contributed by atoms with Gasteiger partial charge in [0.2, 0.25) is 0 Å². The third-order valence-electron chi connectivity index (χ3n) is 4.93. The summed E-state index contributed by atoms with van der Waals surface area (Å²) in [6, 6.07) is 0.176. The largest absolute Gasteiger partial charge is 0.481 e. The van der Waals surface area contributed by atoms with E-state index in [1.807, 2.05) is 0 Å². The lowest BCUT2D eigenvalue weighted by Gasteiger charge is -2.50. The fourth-order valence-electron chi connectivity index (χ4n) is 3.72. The van der Waals surface area contributed by atoms with Crippen LogP contribution in [0.4, 0.5) is 0 Å². The second-order valence-corrected chi connectivity index (χ2v) is 6.66. The van der Waals surface area contributed by atoms with Crippen molar-refractivity contribution in [1.29, 1.82) is 0 Å². The van der Waals surface area contributed by atoms with E-state index in [-0.39, 0.29) is 17.5 Å². The van der Waals surface area contributed by atoms with E-state index in [4.69, 9.17) is 4.74 Å². The monoisotopic (exact) mass is 269 g/mol. The van der Waals surface area contributed by atoms with E-state index >= 15 is 0 Å². The average Bonchev–Trinajstić information content (AvgIpc) is 2.37. The first-order chi connectivity index (χ1) is 8.95. The number of nitrogens with zero attached hydrogens (tertiary/aromatic N) is 1. The summed E-state index contributed by atoms with van der Waals surface area (Å²) in [4.78, 5) is 14.0. The van der Waals surface area contributed by atoms with Crippen molar-refractivity contribution in [2.24, 2.45) is 11.8 Å². The molecule has 2 aliphatic rings. The number of hydrogen-bond donors (Lipinski definition) is 1. The molecule has 0 spiro atoms. The second-order valence-electron chi connectivity index (χ2n) is 6.66. The van der Waals surface area contributed by atoms with Crippen molar-refractivity contribution in [1.82, 2.24) is 4.90 Å². The Hall–Kier alpha value is -0.610. The van der Waals surface area contributed by atoms with E-state index in [0.717, 1.165) is 38.8 Å². The molecule has 1 saturated heterocycles. The molecular weight excluding hydrogens is 242 g/mol. The zero-order valence-electron chi connectivity index (χ0n) is 12.4. The second kappa shape index (κ2) is 5.80. The van der Waals surface area contributed by atoms with Crippen LogP contribution in [0.3, 0.4) is 0 Å². The zero-order chi connectivity index (χ0) is 14.0. The summed E-state index contributed by atoms with van der Waals surface area (Å²) in [6.45, 7) is 8.84. The van der Waals surface area contributed by atoms with Crippen LogP contribution in [0.2, 0.25) is 0 Å². The van der Waals surface area contributed by atoms with Gasteiger partial charge in [0.25, 0.3) is 0 Å². The number of carbonyl (C=O) groups is 1. The van der Waals surface area contributed by atoms with Crippen LogP contribution in [0.25, 0.3) is 0 Å². The van der Waals surface area contributed by atoms with Crippen LogP contribution in [0.1, 0.15) is 46.5 Å². The predicted molar refractivity (Wildman–Crippen MR) is 74.1 cm³/mol. The molecule has 2 rings (SSSR count). The number of rotatable bonds is 3. The van der Waals surface area contributed by atoms with E-state index in [1.165, 1.54) is 0 Å². The standard InChI is InChI=1S/C15H27NO3/c1-4-11-5-6-12(14(17)18)13(9-11)16-7-8-19-10-15(16,2)3/h11-13H,4-10H2,1-3H3,(H,17,18). The van der Waals surface area contributed by atoms with Gasteiger partial charge in [0.1, 0.15) is 0 Å². The van der Waals surface area contributed by atoms with E-state index in [0.29, 0.717) is 12.5 Å². The molecule has 1 heterocycles. The molecule has 4 nitrogen and oxygen atoms in total. The summed E-state index contributed by atoms with van der Waals surface area (Å²) < 4.78 is 5.57. The summed E-state index contributed by atoms with van der Waals surface area (Å²) >= 11 is 0. The summed E-state index contributed by atoms with van der Waals surface area (Å²) in [6.07, 6.45) is 4.07. The van der Waals surface area contributed by atoms with Crippen LogP contribution in [0, 0.1) is 11.8 Å². The van der Waals surface area contributed by atoms with Gasteiger partial charge in [-0.15, -0.1) is 0 Å². The lowest BCUT2D eigenvalue weighted by molar-refractivity contribution is -0.152. The highest BCUT2D eigenvalue weighted by Gasteiger charge is 2.43. The van der Waals surface area contributed by atoms with Gasteiger partial charge >= 0.3 is 5.97 Å². The van der Waals surface area contributed by atoms with Crippen LogP contribution >= 0.6 is 0 Å². The quantitative estimate of drug-likeness (QED) is 0.854. The number of aliphatic carboxylic acids is 1. The minimum atomic E-state index is -0.623. The fourth-order valence-corrected chi connectivity index (χ4v) is 3.72. The molecule has 0 aromatic heterocycles. The number of hydrogen-bond acceptors (Lipinski definition) is 3. The summed E-state index contributed by atoms with van der Waals surface area (Å²) in [5, 5.41) is 9.51. The van der Waals surface area contributed by atoms with Gasteiger partial charge in [0.05, 0.1) is 19.1 Å². The molecule has 1 aliphatic heterocycles. The molecule has 19 heavy (non-hydrogen) atoms. The van der Waals surface area contributed by atoms with Crippen LogP contribution in [0.5, 0.6) is 0 Å². The van der Waals surface area contributed by atoms with Gasteiger partial charge in [-0.25, -0.2) is 0 Å². The Morgan fingerprint density at radius 2 is 2.16 bits per heavy atom. The molecule has 1 N–H and O–H groups in total. The van der Waals surface area contributed by atoms with Gasteiger partial charge in [0.15, 0.2) is 0 Å². The smallest absolute Gasteiger partial charge is 0.308 e. The van der Waals surface area contributed by atoms with Gasteiger partial charge < -0.3 is 9.84 Å². The maximum atomic E-state index is 11.6. The average molecular weight is 269 g/mol. The lowest BCUT2D eigenvalue weighted by atomic mass is 9.75. The molecule has 0 radical (unpaired) electrons. The van der Waals surface area contributed by atoms with Gasteiger partial charge in [-0.05, 0) is 39.0 Å². The first-order valence-corrected chi connectivity index (χ1v) is 7.53. The molecular formula is C15H27NO3. The molecule has 0 aromatic carbocycles. The zero-order valence-corrected chi connectivity index (χ0v) is 12.4. The molecule has 3 unspecified atom stereocenters. The van der Waals surface area contributed by atoms with Gasteiger partial charge in [0, 0.05) is 18.1 Å². The van der Waals surface area contributed by atoms with Crippen molar-refractivity contribution in [2.45, 2.75) is 58.0 Å². The van der Waals surface area contributed by atoms with E-state index in [2.05, 4.69) is 25.7 Å². The summed E-state index contributed by atoms with van der Waals surface area (Å²) in [5.74, 6) is -0.152. The van der Waals surface area contributed by atoms with Crippen LogP contribution in [0.15, 0.2) is 0 Å². The SMILES string of the molecule is CCC1CCC(C(=O)O)C(N2CCOCC2(C)C)C1. The van der Waals surface area contributed by atoms with Crippen molar-refractivity contribution < 1.29 is 14.6 Å². The van der Waals surface area contributed by atoms with Crippen molar-refractivity contribution in [3.63, 3.8) is 0 Å². The molecule has 110 valence electrons. The normalized spacial score (nSPS) is 36.1. The first kappa shape index (κ1) is 14.8. The van der Waals surface area contributed by atoms with Gasteiger partial charge in [-0.2, -0.15) is 0 Å². The lowest BCUT2D eigenvalue weighted by Crippen LogP contribution is -2.61. The third-order valence-corrected chi connectivity index (χ3v) is 4.93.